The predicted molar refractivity (Wildman–Crippen MR) is 102 cm³/mol. The smallest absolute Gasteiger partial charge is 0.262 e. The van der Waals surface area contributed by atoms with Crippen LogP contribution in [0.4, 0.5) is 5.69 Å². The average Bonchev–Trinajstić information content (AvgIpc) is 3.19. The second-order valence-corrected chi connectivity index (χ2v) is 8.93. The van der Waals surface area contributed by atoms with E-state index in [2.05, 4.69) is 4.72 Å². The number of hydrogen-bond donors (Lipinski definition) is 1. The van der Waals surface area contributed by atoms with E-state index in [4.69, 9.17) is 18.9 Å². The first kappa shape index (κ1) is 17.5. The van der Waals surface area contributed by atoms with Gasteiger partial charge in [0.05, 0.1) is 23.8 Å². The molecule has 1 saturated carbocycles. The fourth-order valence-electron chi connectivity index (χ4n) is 3.80. The Kier molecular flexibility index (Phi) is 4.04. The predicted octanol–water partition coefficient (Wildman–Crippen LogP) is 3.69. The lowest BCUT2D eigenvalue weighted by atomic mass is 10.2. The molecule has 0 radical (unpaired) electrons. The molecule has 2 aromatic carbocycles. The van der Waals surface area contributed by atoms with Crippen LogP contribution in [-0.4, -0.2) is 27.4 Å². The molecule has 2 heterocycles. The van der Waals surface area contributed by atoms with Gasteiger partial charge in [-0.3, -0.25) is 4.72 Å². The third kappa shape index (κ3) is 3.11. The number of benzene rings is 2. The van der Waals surface area contributed by atoms with Crippen LogP contribution in [-0.2, 0) is 10.0 Å². The first-order valence-electron chi connectivity index (χ1n) is 9.48. The van der Waals surface area contributed by atoms with E-state index >= 15 is 0 Å². The molecule has 7 nitrogen and oxygen atoms in total. The van der Waals surface area contributed by atoms with Gasteiger partial charge in [-0.05, 0) is 37.1 Å². The van der Waals surface area contributed by atoms with Crippen molar-refractivity contribution in [2.24, 2.45) is 0 Å². The van der Waals surface area contributed by atoms with Gasteiger partial charge in [0.2, 0.25) is 0 Å². The number of rotatable bonds is 3. The Balaban J connectivity index is 1.38. The van der Waals surface area contributed by atoms with Crippen LogP contribution in [0.1, 0.15) is 32.1 Å². The van der Waals surface area contributed by atoms with Crippen molar-refractivity contribution < 1.29 is 27.4 Å². The van der Waals surface area contributed by atoms with E-state index in [9.17, 15) is 8.42 Å². The van der Waals surface area contributed by atoms with E-state index in [1.807, 2.05) is 0 Å². The highest BCUT2D eigenvalue weighted by Gasteiger charge is 2.44. The Labute approximate surface area is 163 Å². The van der Waals surface area contributed by atoms with Gasteiger partial charge in [-0.2, -0.15) is 0 Å². The summed E-state index contributed by atoms with van der Waals surface area (Å²) in [6, 6.07) is 9.71. The highest BCUT2D eigenvalue weighted by molar-refractivity contribution is 7.92. The molecule has 148 valence electrons. The lowest BCUT2D eigenvalue weighted by Crippen LogP contribution is -2.34. The number of nitrogens with one attached hydrogen (secondary N) is 1. The fraction of sp³-hybridized carbons (Fsp3) is 0.400. The molecule has 2 aromatic rings. The molecule has 1 spiro atoms. The van der Waals surface area contributed by atoms with Crippen LogP contribution in [0, 0.1) is 0 Å². The van der Waals surface area contributed by atoms with Crippen molar-refractivity contribution in [1.82, 2.24) is 0 Å². The lowest BCUT2D eigenvalue weighted by Gasteiger charge is -2.21. The molecule has 1 aliphatic carbocycles. The number of hydrogen-bond acceptors (Lipinski definition) is 6. The Morgan fingerprint density at radius 1 is 0.786 bits per heavy atom. The van der Waals surface area contributed by atoms with Gasteiger partial charge in [-0.1, -0.05) is 0 Å². The molecule has 0 bridgehead atoms. The van der Waals surface area contributed by atoms with E-state index in [-0.39, 0.29) is 4.90 Å². The van der Waals surface area contributed by atoms with E-state index < -0.39 is 15.8 Å². The van der Waals surface area contributed by atoms with Crippen molar-refractivity contribution in [1.29, 1.82) is 0 Å². The Hall–Kier alpha value is -2.61. The quantitative estimate of drug-likeness (QED) is 0.842. The van der Waals surface area contributed by atoms with Crippen molar-refractivity contribution in [3.63, 3.8) is 0 Å². The SMILES string of the molecule is O=S(=O)(Nc1ccc2c(c1)OC1(CCCC1)O2)c1ccc2c(c1)OCCCO2. The van der Waals surface area contributed by atoms with Crippen molar-refractivity contribution in [2.75, 3.05) is 17.9 Å². The molecule has 0 amide bonds. The summed E-state index contributed by atoms with van der Waals surface area (Å²) in [5, 5.41) is 0. The summed E-state index contributed by atoms with van der Waals surface area (Å²) in [5.41, 5.74) is 0.421. The van der Waals surface area contributed by atoms with Crippen LogP contribution in [0.25, 0.3) is 0 Å². The molecule has 0 saturated heterocycles. The van der Waals surface area contributed by atoms with Crippen LogP contribution in [0.5, 0.6) is 23.0 Å². The van der Waals surface area contributed by atoms with Crippen molar-refractivity contribution in [2.45, 2.75) is 42.8 Å². The zero-order valence-electron chi connectivity index (χ0n) is 15.3. The van der Waals surface area contributed by atoms with Gasteiger partial charge < -0.3 is 18.9 Å². The molecule has 2 aliphatic heterocycles. The Morgan fingerprint density at radius 3 is 2.32 bits per heavy atom. The molecule has 1 N–H and O–H groups in total. The first-order valence-corrected chi connectivity index (χ1v) is 11.0. The van der Waals surface area contributed by atoms with E-state index in [0.29, 0.717) is 41.9 Å². The fourth-order valence-corrected chi connectivity index (χ4v) is 4.86. The van der Waals surface area contributed by atoms with Crippen molar-refractivity contribution in [3.8, 4) is 23.0 Å². The van der Waals surface area contributed by atoms with Crippen LogP contribution in [0.2, 0.25) is 0 Å². The average molecular weight is 403 g/mol. The van der Waals surface area contributed by atoms with Gasteiger partial charge >= 0.3 is 0 Å². The lowest BCUT2D eigenvalue weighted by molar-refractivity contribution is -0.0716. The van der Waals surface area contributed by atoms with Gasteiger partial charge in [0, 0.05) is 31.4 Å². The topological polar surface area (TPSA) is 83.1 Å². The van der Waals surface area contributed by atoms with Gasteiger partial charge in [-0.15, -0.1) is 0 Å². The van der Waals surface area contributed by atoms with E-state index in [1.165, 1.54) is 12.1 Å². The molecule has 28 heavy (non-hydrogen) atoms. The molecule has 3 aliphatic rings. The molecule has 1 fully saturated rings. The zero-order valence-corrected chi connectivity index (χ0v) is 16.1. The minimum atomic E-state index is -3.79. The molecule has 0 atom stereocenters. The van der Waals surface area contributed by atoms with Crippen molar-refractivity contribution in [3.05, 3.63) is 36.4 Å². The summed E-state index contributed by atoms with van der Waals surface area (Å²) in [7, 11) is -3.79. The minimum Gasteiger partial charge on any atom is -0.490 e. The summed E-state index contributed by atoms with van der Waals surface area (Å²) in [6.07, 6.45) is 4.59. The normalized spacial score (nSPS) is 19.4. The van der Waals surface area contributed by atoms with Crippen molar-refractivity contribution >= 4 is 15.7 Å². The molecular weight excluding hydrogens is 382 g/mol. The largest absolute Gasteiger partial charge is 0.490 e. The highest BCUT2D eigenvalue weighted by Crippen LogP contribution is 2.47. The summed E-state index contributed by atoms with van der Waals surface area (Å²) < 4.78 is 51.4. The summed E-state index contributed by atoms with van der Waals surface area (Å²) >= 11 is 0. The maximum absolute atomic E-state index is 12.8. The monoisotopic (exact) mass is 403 g/mol. The van der Waals surface area contributed by atoms with Gasteiger partial charge in [0.15, 0.2) is 23.0 Å². The van der Waals surface area contributed by atoms with Crippen LogP contribution in [0.3, 0.4) is 0 Å². The van der Waals surface area contributed by atoms with Gasteiger partial charge in [0.1, 0.15) is 0 Å². The van der Waals surface area contributed by atoms with E-state index in [1.54, 1.807) is 24.3 Å². The standard InChI is InChI=1S/C20H21NO6S/c22-28(23,15-5-7-16-18(13-15)25-11-3-10-24-16)21-14-4-6-17-19(12-14)27-20(26-17)8-1-2-9-20/h4-7,12-13,21H,1-3,8-11H2. The molecule has 0 unspecified atom stereocenters. The number of fused-ring (bicyclic) bond motifs is 2. The number of ether oxygens (including phenoxy) is 4. The third-order valence-corrected chi connectivity index (χ3v) is 6.56. The summed E-state index contributed by atoms with van der Waals surface area (Å²) in [4.78, 5) is 0.113. The van der Waals surface area contributed by atoms with Crippen LogP contribution in [0.15, 0.2) is 41.3 Å². The van der Waals surface area contributed by atoms with Crippen LogP contribution >= 0.6 is 0 Å². The maximum Gasteiger partial charge on any atom is 0.262 e. The highest BCUT2D eigenvalue weighted by atomic mass is 32.2. The number of anilines is 1. The van der Waals surface area contributed by atoms with E-state index in [0.717, 1.165) is 32.1 Å². The second-order valence-electron chi connectivity index (χ2n) is 7.25. The first-order chi connectivity index (χ1) is 13.5. The van der Waals surface area contributed by atoms with Gasteiger partial charge in [0.25, 0.3) is 15.8 Å². The van der Waals surface area contributed by atoms with Gasteiger partial charge in [-0.25, -0.2) is 8.42 Å². The Bertz CT molecular complexity index is 1010. The number of sulfonamides is 1. The maximum atomic E-state index is 12.8. The summed E-state index contributed by atoms with van der Waals surface area (Å²) in [6.45, 7) is 1.05. The Morgan fingerprint density at radius 2 is 1.50 bits per heavy atom. The molecule has 5 rings (SSSR count). The molecular formula is C20H21NO6S. The summed E-state index contributed by atoms with van der Waals surface area (Å²) in [5.74, 6) is 1.64. The minimum absolute atomic E-state index is 0.113. The zero-order chi connectivity index (χ0) is 19.2. The third-order valence-electron chi connectivity index (χ3n) is 5.18. The molecule has 8 heteroatoms. The second kappa shape index (κ2) is 6.48. The van der Waals surface area contributed by atoms with Crippen LogP contribution < -0.4 is 23.7 Å². The molecule has 0 aromatic heterocycles.